The fraction of sp³-hybridized carbons (Fsp3) is 0.571. The van der Waals surface area contributed by atoms with E-state index >= 15 is 0 Å². The zero-order valence-corrected chi connectivity index (χ0v) is 7.47. The fourth-order valence-electron chi connectivity index (χ4n) is 0.820. The molecule has 1 aromatic rings. The van der Waals surface area contributed by atoms with Crippen molar-refractivity contribution in [3.05, 3.63) is 18.0 Å². The Morgan fingerprint density at radius 1 is 1.73 bits per heavy atom. The molecule has 0 spiro atoms. The van der Waals surface area contributed by atoms with Crippen molar-refractivity contribution in [2.24, 2.45) is 12.8 Å². The first kappa shape index (κ1) is 8.62. The molecule has 3 nitrogen and oxygen atoms in total. The van der Waals surface area contributed by atoms with Gasteiger partial charge in [-0.2, -0.15) is 16.9 Å². The third kappa shape index (κ3) is 2.95. The Labute approximate surface area is 71.0 Å². The topological polar surface area (TPSA) is 43.8 Å². The van der Waals surface area contributed by atoms with Gasteiger partial charge in [0.2, 0.25) is 0 Å². The summed E-state index contributed by atoms with van der Waals surface area (Å²) in [5.74, 6) is 2.04. The Bertz CT molecular complexity index is 209. The van der Waals surface area contributed by atoms with E-state index < -0.39 is 0 Å². The minimum atomic E-state index is 0.755. The summed E-state index contributed by atoms with van der Waals surface area (Å²) in [6, 6.07) is 0. The van der Waals surface area contributed by atoms with Gasteiger partial charge < -0.3 is 5.73 Å². The quantitative estimate of drug-likeness (QED) is 0.675. The zero-order valence-electron chi connectivity index (χ0n) is 6.66. The van der Waals surface area contributed by atoms with Crippen LogP contribution in [0.1, 0.15) is 5.56 Å². The van der Waals surface area contributed by atoms with Crippen molar-refractivity contribution in [3.63, 3.8) is 0 Å². The molecule has 0 atom stereocenters. The molecule has 2 N–H and O–H groups in total. The van der Waals surface area contributed by atoms with Crippen LogP contribution >= 0.6 is 11.8 Å². The fourth-order valence-corrected chi connectivity index (χ4v) is 1.52. The number of nitrogens with zero attached hydrogens (tertiary/aromatic N) is 2. The maximum atomic E-state index is 5.36. The zero-order chi connectivity index (χ0) is 8.10. The summed E-state index contributed by atoms with van der Waals surface area (Å²) in [6.45, 7) is 0.755. The normalized spacial score (nSPS) is 10.4. The molecule has 0 aliphatic heterocycles. The molecule has 0 radical (unpaired) electrons. The van der Waals surface area contributed by atoms with Crippen molar-refractivity contribution >= 4 is 11.8 Å². The summed E-state index contributed by atoms with van der Waals surface area (Å²) in [5, 5.41) is 4.07. The highest BCUT2D eigenvalue weighted by Crippen LogP contribution is 2.09. The second-order valence-electron chi connectivity index (χ2n) is 2.36. The lowest BCUT2D eigenvalue weighted by Gasteiger charge is -1.94. The van der Waals surface area contributed by atoms with Crippen LogP contribution in [0.2, 0.25) is 0 Å². The third-order valence-electron chi connectivity index (χ3n) is 1.29. The smallest absolute Gasteiger partial charge is 0.0530 e. The van der Waals surface area contributed by atoms with Crippen LogP contribution in [0.5, 0.6) is 0 Å². The molecule has 0 bridgehead atoms. The van der Waals surface area contributed by atoms with E-state index in [9.17, 15) is 0 Å². The lowest BCUT2D eigenvalue weighted by Crippen LogP contribution is -2.01. The van der Waals surface area contributed by atoms with E-state index in [2.05, 4.69) is 5.10 Å². The second kappa shape index (κ2) is 4.41. The van der Waals surface area contributed by atoms with E-state index in [1.165, 1.54) is 5.56 Å². The Morgan fingerprint density at radius 2 is 2.55 bits per heavy atom. The Hall–Kier alpha value is -0.480. The van der Waals surface area contributed by atoms with E-state index in [1.807, 2.05) is 35.9 Å². The van der Waals surface area contributed by atoms with Crippen molar-refractivity contribution in [2.75, 3.05) is 12.3 Å². The molecule has 0 saturated heterocycles. The van der Waals surface area contributed by atoms with E-state index in [0.717, 1.165) is 18.1 Å². The molecule has 62 valence electrons. The monoisotopic (exact) mass is 171 g/mol. The van der Waals surface area contributed by atoms with Gasteiger partial charge >= 0.3 is 0 Å². The molecule has 1 rings (SSSR count). The third-order valence-corrected chi connectivity index (χ3v) is 2.35. The number of thioether (sulfide) groups is 1. The van der Waals surface area contributed by atoms with Gasteiger partial charge in [-0.25, -0.2) is 0 Å². The van der Waals surface area contributed by atoms with E-state index in [0.29, 0.717) is 0 Å². The molecule has 4 heteroatoms. The molecule has 11 heavy (non-hydrogen) atoms. The minimum absolute atomic E-state index is 0.755. The van der Waals surface area contributed by atoms with Crippen molar-refractivity contribution in [2.45, 2.75) is 5.75 Å². The Kier molecular flexibility index (Phi) is 3.45. The first-order valence-corrected chi connectivity index (χ1v) is 4.73. The molecule has 0 fully saturated rings. The van der Waals surface area contributed by atoms with Gasteiger partial charge in [0.05, 0.1) is 6.20 Å². The average Bonchev–Trinajstić information content (AvgIpc) is 2.37. The molecule has 0 unspecified atom stereocenters. The molecule has 0 amide bonds. The van der Waals surface area contributed by atoms with Crippen molar-refractivity contribution in [1.82, 2.24) is 9.78 Å². The highest BCUT2D eigenvalue weighted by molar-refractivity contribution is 7.98. The Morgan fingerprint density at radius 3 is 3.09 bits per heavy atom. The minimum Gasteiger partial charge on any atom is -0.330 e. The summed E-state index contributed by atoms with van der Waals surface area (Å²) in [6.07, 6.45) is 3.92. The average molecular weight is 171 g/mol. The highest BCUT2D eigenvalue weighted by Gasteiger charge is 1.94. The van der Waals surface area contributed by atoms with Crippen LogP contribution < -0.4 is 5.73 Å². The molecule has 0 aliphatic rings. The van der Waals surface area contributed by atoms with Gasteiger partial charge in [0, 0.05) is 31.3 Å². The molecular weight excluding hydrogens is 158 g/mol. The van der Waals surface area contributed by atoms with Crippen molar-refractivity contribution < 1.29 is 0 Å². The highest BCUT2D eigenvalue weighted by atomic mass is 32.2. The number of rotatable bonds is 4. The van der Waals surface area contributed by atoms with Crippen LogP contribution in [0.25, 0.3) is 0 Å². The number of aromatic nitrogens is 2. The van der Waals surface area contributed by atoms with Gasteiger partial charge in [0.1, 0.15) is 0 Å². The van der Waals surface area contributed by atoms with Gasteiger partial charge in [0.15, 0.2) is 0 Å². The van der Waals surface area contributed by atoms with Crippen molar-refractivity contribution in [3.8, 4) is 0 Å². The van der Waals surface area contributed by atoms with Crippen LogP contribution in [-0.2, 0) is 12.8 Å². The lowest BCUT2D eigenvalue weighted by molar-refractivity contribution is 0.767. The molecule has 0 aliphatic carbocycles. The number of nitrogens with two attached hydrogens (primary N) is 1. The van der Waals surface area contributed by atoms with Crippen molar-refractivity contribution in [1.29, 1.82) is 0 Å². The van der Waals surface area contributed by atoms with Crippen LogP contribution in [0.15, 0.2) is 12.4 Å². The predicted molar refractivity (Wildman–Crippen MR) is 48.4 cm³/mol. The van der Waals surface area contributed by atoms with Gasteiger partial charge in [-0.1, -0.05) is 0 Å². The molecule has 1 aromatic heterocycles. The number of hydrogen-bond acceptors (Lipinski definition) is 3. The summed E-state index contributed by atoms with van der Waals surface area (Å²) < 4.78 is 1.82. The van der Waals surface area contributed by atoms with Gasteiger partial charge in [-0.15, -0.1) is 0 Å². The maximum absolute atomic E-state index is 5.36. The summed E-state index contributed by atoms with van der Waals surface area (Å²) in [7, 11) is 1.93. The summed E-state index contributed by atoms with van der Waals surface area (Å²) in [4.78, 5) is 0. The number of hydrogen-bond donors (Lipinski definition) is 1. The predicted octanol–water partition coefficient (Wildman–Crippen LogP) is 0.612. The van der Waals surface area contributed by atoms with Crippen LogP contribution in [0.4, 0.5) is 0 Å². The molecular formula is C7H13N3S. The standard InChI is InChI=1S/C7H13N3S/c1-10-5-7(4-9-10)6-11-3-2-8/h4-5H,2-3,6,8H2,1H3. The van der Waals surface area contributed by atoms with E-state index in [1.54, 1.807) is 0 Å². The number of aryl methyl sites for hydroxylation is 1. The van der Waals surface area contributed by atoms with Gasteiger partial charge in [-0.3, -0.25) is 4.68 Å². The van der Waals surface area contributed by atoms with Crippen LogP contribution in [0, 0.1) is 0 Å². The largest absolute Gasteiger partial charge is 0.330 e. The Balaban J connectivity index is 2.27. The first-order chi connectivity index (χ1) is 5.33. The molecule has 0 aromatic carbocycles. The molecule has 0 saturated carbocycles. The van der Waals surface area contributed by atoms with Gasteiger partial charge in [-0.05, 0) is 5.56 Å². The lowest BCUT2D eigenvalue weighted by atomic mass is 10.4. The van der Waals surface area contributed by atoms with Gasteiger partial charge in [0.25, 0.3) is 0 Å². The molecule has 1 heterocycles. The van der Waals surface area contributed by atoms with E-state index in [-0.39, 0.29) is 0 Å². The second-order valence-corrected chi connectivity index (χ2v) is 3.47. The first-order valence-electron chi connectivity index (χ1n) is 3.58. The van der Waals surface area contributed by atoms with Crippen LogP contribution in [0.3, 0.4) is 0 Å². The maximum Gasteiger partial charge on any atom is 0.0530 e. The summed E-state index contributed by atoms with van der Waals surface area (Å²) in [5.41, 5.74) is 6.63. The van der Waals surface area contributed by atoms with Crippen LogP contribution in [-0.4, -0.2) is 22.1 Å². The van der Waals surface area contributed by atoms with E-state index in [4.69, 9.17) is 5.73 Å². The summed E-state index contributed by atoms with van der Waals surface area (Å²) >= 11 is 1.84. The SMILES string of the molecule is Cn1cc(CSCCN)cn1.